The summed E-state index contributed by atoms with van der Waals surface area (Å²) in [5.74, 6) is 0.489. The first-order valence-electron chi connectivity index (χ1n) is 7.43. The molecule has 0 fully saturated rings. The highest BCUT2D eigenvalue weighted by molar-refractivity contribution is 7.07. The Morgan fingerprint density at radius 1 is 1.42 bits per heavy atom. The average molecular weight is 346 g/mol. The number of furan rings is 1. The topological polar surface area (TPSA) is 91.2 Å². The summed E-state index contributed by atoms with van der Waals surface area (Å²) in [5, 5.41) is 14.1. The summed E-state index contributed by atoms with van der Waals surface area (Å²) in [4.78, 5) is 26.2. The van der Waals surface area contributed by atoms with E-state index in [1.54, 1.807) is 25.2 Å². The predicted molar refractivity (Wildman–Crippen MR) is 93.4 cm³/mol. The van der Waals surface area contributed by atoms with Crippen LogP contribution in [0.2, 0.25) is 0 Å². The molecule has 24 heavy (non-hydrogen) atoms. The number of H-pyrrole nitrogens is 1. The number of nitrogens with zero attached hydrogens (tertiary/aromatic N) is 2. The van der Waals surface area contributed by atoms with Gasteiger partial charge in [0.2, 0.25) is 11.8 Å². The van der Waals surface area contributed by atoms with Crippen LogP contribution in [-0.2, 0) is 11.3 Å². The van der Waals surface area contributed by atoms with Crippen LogP contribution in [0.5, 0.6) is 0 Å². The number of carbonyl (C=O) groups is 1. The van der Waals surface area contributed by atoms with Crippen LogP contribution in [0.25, 0.3) is 10.8 Å². The van der Waals surface area contributed by atoms with Crippen LogP contribution in [0.4, 0.5) is 5.88 Å². The Labute approximate surface area is 142 Å². The number of anilines is 1. The standard InChI is InChI=1S/C16H18N4O3S/c1-9-13-10(2)23-16(14(13)15(22)19-18-9)17-12(21)7-20(3)6-11-4-5-24-8-11/h4-5,8H,6-7H2,1-3H3,(H,17,21)(H,19,22). The number of amides is 1. The fraction of sp³-hybridized carbons (Fsp3) is 0.312. The molecule has 7 nitrogen and oxygen atoms in total. The summed E-state index contributed by atoms with van der Waals surface area (Å²) in [6, 6.07) is 2.03. The first kappa shape index (κ1) is 16.4. The van der Waals surface area contributed by atoms with E-state index in [4.69, 9.17) is 4.42 Å². The molecule has 0 unspecified atom stereocenters. The molecule has 0 aliphatic heterocycles. The lowest BCUT2D eigenvalue weighted by atomic mass is 10.2. The maximum absolute atomic E-state index is 12.3. The van der Waals surface area contributed by atoms with Crippen LogP contribution in [0, 0.1) is 13.8 Å². The molecule has 0 bridgehead atoms. The normalized spacial score (nSPS) is 11.3. The van der Waals surface area contributed by atoms with Gasteiger partial charge in [-0.2, -0.15) is 16.4 Å². The van der Waals surface area contributed by atoms with Gasteiger partial charge in [0.25, 0.3) is 5.56 Å². The molecule has 0 spiro atoms. The minimum Gasteiger partial charge on any atom is -0.444 e. The van der Waals surface area contributed by atoms with Crippen LogP contribution in [-0.4, -0.2) is 34.6 Å². The Morgan fingerprint density at radius 3 is 2.92 bits per heavy atom. The largest absolute Gasteiger partial charge is 0.444 e. The maximum Gasteiger partial charge on any atom is 0.277 e. The van der Waals surface area contributed by atoms with Gasteiger partial charge in [-0.3, -0.25) is 19.8 Å². The quantitative estimate of drug-likeness (QED) is 0.739. The van der Waals surface area contributed by atoms with Crippen molar-refractivity contribution in [3.8, 4) is 0 Å². The molecule has 8 heteroatoms. The number of aromatic nitrogens is 2. The molecule has 1 amide bonds. The number of hydrogen-bond acceptors (Lipinski definition) is 6. The van der Waals surface area contributed by atoms with Gasteiger partial charge in [-0.25, -0.2) is 5.10 Å². The third kappa shape index (κ3) is 3.24. The lowest BCUT2D eigenvalue weighted by Gasteiger charge is -2.14. The summed E-state index contributed by atoms with van der Waals surface area (Å²) in [5.41, 5.74) is 1.43. The molecule has 3 aromatic rings. The molecule has 0 radical (unpaired) electrons. The van der Waals surface area contributed by atoms with Crippen LogP contribution in [0.3, 0.4) is 0 Å². The van der Waals surface area contributed by atoms with Gasteiger partial charge in [-0.1, -0.05) is 0 Å². The van der Waals surface area contributed by atoms with Crippen molar-refractivity contribution in [3.63, 3.8) is 0 Å². The highest BCUT2D eigenvalue weighted by Gasteiger charge is 2.19. The van der Waals surface area contributed by atoms with Gasteiger partial charge >= 0.3 is 0 Å². The molecular formula is C16H18N4O3S. The number of fused-ring (bicyclic) bond motifs is 1. The van der Waals surface area contributed by atoms with Gasteiger partial charge in [0.1, 0.15) is 11.1 Å². The van der Waals surface area contributed by atoms with Crippen molar-refractivity contribution in [2.24, 2.45) is 0 Å². The number of nitrogens with one attached hydrogen (secondary N) is 2. The fourth-order valence-corrected chi connectivity index (χ4v) is 3.35. The smallest absolute Gasteiger partial charge is 0.277 e. The second-order valence-electron chi connectivity index (χ2n) is 5.73. The lowest BCUT2D eigenvalue weighted by Crippen LogP contribution is -2.29. The van der Waals surface area contributed by atoms with Gasteiger partial charge < -0.3 is 4.42 Å². The van der Waals surface area contributed by atoms with E-state index in [9.17, 15) is 9.59 Å². The Kier molecular flexibility index (Phi) is 4.50. The molecule has 0 saturated carbocycles. The molecule has 3 aromatic heterocycles. The van der Waals surface area contributed by atoms with E-state index >= 15 is 0 Å². The molecule has 3 heterocycles. The zero-order valence-electron chi connectivity index (χ0n) is 13.7. The summed E-state index contributed by atoms with van der Waals surface area (Å²) < 4.78 is 5.58. The van der Waals surface area contributed by atoms with Gasteiger partial charge in [0.15, 0.2) is 0 Å². The van der Waals surface area contributed by atoms with Gasteiger partial charge in [0, 0.05) is 6.54 Å². The van der Waals surface area contributed by atoms with Gasteiger partial charge in [-0.05, 0) is 43.3 Å². The SMILES string of the molecule is Cc1n[nH]c(=O)c2c(NC(=O)CN(C)Cc3ccsc3)oc(C)c12. The Bertz CT molecular complexity index is 927. The van der Waals surface area contributed by atoms with Crippen molar-refractivity contribution in [3.05, 3.63) is 44.2 Å². The first-order chi connectivity index (χ1) is 11.5. The van der Waals surface area contributed by atoms with Crippen LogP contribution >= 0.6 is 11.3 Å². The maximum atomic E-state index is 12.3. The van der Waals surface area contributed by atoms with Crippen molar-refractivity contribution < 1.29 is 9.21 Å². The summed E-state index contributed by atoms with van der Waals surface area (Å²) >= 11 is 1.62. The minimum atomic E-state index is -0.380. The molecular weight excluding hydrogens is 328 g/mol. The van der Waals surface area contributed by atoms with E-state index < -0.39 is 0 Å². The number of carbonyl (C=O) groups excluding carboxylic acids is 1. The van der Waals surface area contributed by atoms with E-state index in [0.29, 0.717) is 28.8 Å². The van der Waals surface area contributed by atoms with E-state index in [0.717, 1.165) is 5.56 Å². The Morgan fingerprint density at radius 2 is 2.21 bits per heavy atom. The molecule has 3 rings (SSSR count). The average Bonchev–Trinajstić information content (AvgIpc) is 3.11. The van der Waals surface area contributed by atoms with Gasteiger partial charge in [0.05, 0.1) is 17.6 Å². The highest BCUT2D eigenvalue weighted by atomic mass is 32.1. The third-order valence-corrected chi connectivity index (χ3v) is 4.43. The Balaban J connectivity index is 1.76. The molecule has 0 aliphatic rings. The molecule has 2 N–H and O–H groups in total. The lowest BCUT2D eigenvalue weighted by molar-refractivity contribution is -0.117. The van der Waals surface area contributed by atoms with Crippen LogP contribution < -0.4 is 10.9 Å². The third-order valence-electron chi connectivity index (χ3n) is 3.70. The minimum absolute atomic E-state index is 0.170. The number of thiophene rings is 1. The van der Waals surface area contributed by atoms with Gasteiger partial charge in [-0.15, -0.1) is 0 Å². The van der Waals surface area contributed by atoms with E-state index in [-0.39, 0.29) is 23.9 Å². The fourth-order valence-electron chi connectivity index (χ4n) is 2.69. The van der Waals surface area contributed by atoms with Crippen molar-refractivity contribution in [2.75, 3.05) is 18.9 Å². The summed E-state index contributed by atoms with van der Waals surface area (Å²) in [6.45, 7) is 4.40. The van der Waals surface area contributed by atoms with E-state index in [1.165, 1.54) is 0 Å². The molecule has 0 aromatic carbocycles. The first-order valence-corrected chi connectivity index (χ1v) is 8.38. The summed E-state index contributed by atoms with van der Waals surface area (Å²) in [7, 11) is 1.86. The number of hydrogen-bond donors (Lipinski definition) is 2. The predicted octanol–water partition coefficient (Wildman–Crippen LogP) is 2.26. The zero-order valence-corrected chi connectivity index (χ0v) is 14.5. The number of likely N-dealkylation sites (N-methyl/N-ethyl adjacent to an activating group) is 1. The van der Waals surface area contributed by atoms with E-state index in [2.05, 4.69) is 15.5 Å². The molecule has 0 atom stereocenters. The second-order valence-corrected chi connectivity index (χ2v) is 6.51. The molecule has 0 saturated heterocycles. The number of aryl methyl sites for hydroxylation is 2. The monoisotopic (exact) mass is 346 g/mol. The van der Waals surface area contributed by atoms with Crippen LogP contribution in [0.15, 0.2) is 26.0 Å². The van der Waals surface area contributed by atoms with Crippen molar-refractivity contribution in [1.29, 1.82) is 0 Å². The van der Waals surface area contributed by atoms with Crippen molar-refractivity contribution in [1.82, 2.24) is 15.1 Å². The highest BCUT2D eigenvalue weighted by Crippen LogP contribution is 2.28. The van der Waals surface area contributed by atoms with Crippen LogP contribution in [0.1, 0.15) is 17.0 Å². The second kappa shape index (κ2) is 6.58. The summed E-state index contributed by atoms with van der Waals surface area (Å²) in [6.07, 6.45) is 0. The van der Waals surface area contributed by atoms with Crippen molar-refractivity contribution in [2.45, 2.75) is 20.4 Å². The van der Waals surface area contributed by atoms with E-state index in [1.807, 2.05) is 28.8 Å². The molecule has 0 aliphatic carbocycles. The van der Waals surface area contributed by atoms with Crippen molar-refractivity contribution >= 4 is 33.9 Å². The molecule has 126 valence electrons. The zero-order chi connectivity index (χ0) is 17.3. The number of rotatable bonds is 5. The Hall–Kier alpha value is -2.45. The number of aromatic amines is 1.